The molecule has 0 aliphatic carbocycles. The second-order valence-corrected chi connectivity index (χ2v) is 4.34. The highest BCUT2D eigenvalue weighted by Gasteiger charge is 2.21. The molecule has 0 saturated carbocycles. The third kappa shape index (κ3) is 2.51. The van der Waals surface area contributed by atoms with Crippen molar-refractivity contribution >= 4 is 24.1 Å². The number of benzene rings is 1. The molecule has 0 radical (unpaired) electrons. The van der Waals surface area contributed by atoms with Gasteiger partial charge in [0, 0.05) is 31.6 Å². The fraction of sp³-hybridized carbons (Fsp3) is 0.231. The summed E-state index contributed by atoms with van der Waals surface area (Å²) in [5.74, 6) is 0.756. The van der Waals surface area contributed by atoms with Gasteiger partial charge in [-0.1, -0.05) is 0 Å². The molecule has 0 saturated heterocycles. The Morgan fingerprint density at radius 1 is 1.28 bits per heavy atom. The second-order valence-electron chi connectivity index (χ2n) is 4.34. The van der Waals surface area contributed by atoms with Crippen LogP contribution in [-0.2, 0) is 0 Å². The molecular weight excluding hydrogens is 226 g/mol. The SMILES string of the molecule is C=[N+]1C=CN(C)C1=NNc1ccc(N(C)C)cc1. The van der Waals surface area contributed by atoms with E-state index >= 15 is 0 Å². The maximum atomic E-state index is 4.31. The zero-order valence-electron chi connectivity index (χ0n) is 11.0. The van der Waals surface area contributed by atoms with Gasteiger partial charge in [0.15, 0.2) is 0 Å². The lowest BCUT2D eigenvalue weighted by Crippen LogP contribution is -2.24. The van der Waals surface area contributed by atoms with Gasteiger partial charge in [0.25, 0.3) is 0 Å². The minimum absolute atomic E-state index is 0.756. The molecule has 1 aromatic carbocycles. The molecule has 0 amide bonds. The number of hydrazone groups is 1. The van der Waals surface area contributed by atoms with E-state index < -0.39 is 0 Å². The molecule has 0 bridgehead atoms. The standard InChI is InChI=1S/C13H18N5/c1-16(2)12-7-5-11(6-8-12)14-15-13-17(3)9-10-18(13)4/h5-10,14H,3H2,1-2,4H3/q+1. The third-order valence-corrected chi connectivity index (χ3v) is 2.71. The van der Waals surface area contributed by atoms with E-state index in [-0.39, 0.29) is 0 Å². The number of guanidine groups is 1. The van der Waals surface area contributed by atoms with Gasteiger partial charge in [-0.3, -0.25) is 0 Å². The molecule has 0 aromatic heterocycles. The number of hydrogen-bond donors (Lipinski definition) is 1. The highest BCUT2D eigenvalue weighted by molar-refractivity contribution is 5.77. The van der Waals surface area contributed by atoms with Crippen LogP contribution in [0.2, 0.25) is 0 Å². The fourth-order valence-electron chi connectivity index (χ4n) is 1.61. The topological polar surface area (TPSA) is 33.9 Å². The van der Waals surface area contributed by atoms with Crippen LogP contribution < -0.4 is 10.3 Å². The van der Waals surface area contributed by atoms with Crippen LogP contribution >= 0.6 is 0 Å². The van der Waals surface area contributed by atoms with E-state index in [2.05, 4.69) is 22.1 Å². The van der Waals surface area contributed by atoms with Crippen LogP contribution in [0.1, 0.15) is 0 Å². The van der Waals surface area contributed by atoms with Crippen molar-refractivity contribution in [1.82, 2.24) is 4.90 Å². The van der Waals surface area contributed by atoms with Gasteiger partial charge < -0.3 is 4.90 Å². The number of nitrogens with one attached hydrogen (secondary N) is 1. The number of nitrogens with zero attached hydrogens (tertiary/aromatic N) is 4. The molecule has 0 atom stereocenters. The highest BCUT2D eigenvalue weighted by atomic mass is 15.4. The van der Waals surface area contributed by atoms with E-state index in [1.807, 2.05) is 62.7 Å². The molecule has 1 heterocycles. The molecule has 5 nitrogen and oxygen atoms in total. The van der Waals surface area contributed by atoms with Gasteiger partial charge in [-0.15, -0.1) is 0 Å². The van der Waals surface area contributed by atoms with Crippen LogP contribution in [0.4, 0.5) is 11.4 Å². The van der Waals surface area contributed by atoms with Gasteiger partial charge in [0.2, 0.25) is 0 Å². The lowest BCUT2D eigenvalue weighted by molar-refractivity contribution is -0.315. The summed E-state index contributed by atoms with van der Waals surface area (Å²) in [4.78, 5) is 3.95. The molecule has 18 heavy (non-hydrogen) atoms. The van der Waals surface area contributed by atoms with Crippen LogP contribution in [0.5, 0.6) is 0 Å². The van der Waals surface area contributed by atoms with Gasteiger partial charge in [0.1, 0.15) is 6.20 Å². The molecule has 1 aliphatic rings. The Labute approximate surface area is 107 Å². The maximum absolute atomic E-state index is 4.31. The van der Waals surface area contributed by atoms with E-state index in [0.29, 0.717) is 0 Å². The first-order valence-corrected chi connectivity index (χ1v) is 5.70. The molecular formula is C13H18N5+. The molecule has 94 valence electrons. The summed E-state index contributed by atoms with van der Waals surface area (Å²) in [7, 11) is 5.96. The molecule has 1 aliphatic heterocycles. The molecule has 1 aromatic rings. The predicted molar refractivity (Wildman–Crippen MR) is 76.1 cm³/mol. The lowest BCUT2D eigenvalue weighted by atomic mass is 10.3. The van der Waals surface area contributed by atoms with Crippen molar-refractivity contribution in [3.05, 3.63) is 36.7 Å². The van der Waals surface area contributed by atoms with Crippen LogP contribution in [0.15, 0.2) is 41.8 Å². The van der Waals surface area contributed by atoms with Gasteiger partial charge in [-0.05, 0) is 24.3 Å². The minimum atomic E-state index is 0.756. The molecule has 1 N–H and O–H groups in total. The minimum Gasteiger partial charge on any atom is -0.378 e. The molecule has 0 unspecified atom stereocenters. The number of rotatable bonds is 3. The summed E-state index contributed by atoms with van der Waals surface area (Å²) in [5.41, 5.74) is 5.12. The number of hydrogen-bond acceptors (Lipinski definition) is 3. The van der Waals surface area contributed by atoms with Gasteiger partial charge in [-0.25, -0.2) is 14.9 Å². The van der Waals surface area contributed by atoms with E-state index in [1.165, 1.54) is 0 Å². The Hall–Kier alpha value is -2.30. The van der Waals surface area contributed by atoms with Crippen LogP contribution in [0, 0.1) is 0 Å². The monoisotopic (exact) mass is 244 g/mol. The first-order chi connectivity index (χ1) is 8.58. The summed E-state index contributed by atoms with van der Waals surface area (Å²) >= 11 is 0. The second kappa shape index (κ2) is 4.91. The van der Waals surface area contributed by atoms with E-state index in [4.69, 9.17) is 0 Å². The lowest BCUT2D eigenvalue weighted by Gasteiger charge is -2.12. The molecule has 0 spiro atoms. The summed E-state index contributed by atoms with van der Waals surface area (Å²) in [6.07, 6.45) is 3.76. The Bertz CT molecular complexity index is 499. The van der Waals surface area contributed by atoms with Crippen molar-refractivity contribution < 1.29 is 4.58 Å². The van der Waals surface area contributed by atoms with Crippen molar-refractivity contribution in [2.45, 2.75) is 0 Å². The van der Waals surface area contributed by atoms with E-state index in [1.54, 1.807) is 4.58 Å². The van der Waals surface area contributed by atoms with Crippen molar-refractivity contribution in [2.75, 3.05) is 31.5 Å². The van der Waals surface area contributed by atoms with Crippen molar-refractivity contribution in [3.63, 3.8) is 0 Å². The zero-order valence-corrected chi connectivity index (χ0v) is 11.0. The van der Waals surface area contributed by atoms with Crippen LogP contribution in [0.3, 0.4) is 0 Å². The van der Waals surface area contributed by atoms with Gasteiger partial charge >= 0.3 is 5.96 Å². The van der Waals surface area contributed by atoms with Gasteiger partial charge in [0.05, 0.1) is 18.9 Å². The Kier molecular flexibility index (Phi) is 3.32. The highest BCUT2D eigenvalue weighted by Crippen LogP contribution is 2.15. The predicted octanol–water partition coefficient (Wildman–Crippen LogP) is 1.57. The van der Waals surface area contributed by atoms with E-state index in [9.17, 15) is 0 Å². The molecule has 0 fully saturated rings. The summed E-state index contributed by atoms with van der Waals surface area (Å²) in [6.45, 7) is 3.85. The zero-order chi connectivity index (χ0) is 13.1. The average Bonchev–Trinajstić information content (AvgIpc) is 2.67. The number of anilines is 2. The first-order valence-electron chi connectivity index (χ1n) is 5.70. The fourth-order valence-corrected chi connectivity index (χ4v) is 1.61. The van der Waals surface area contributed by atoms with Crippen LogP contribution in [-0.4, -0.2) is 43.3 Å². The summed E-state index contributed by atoms with van der Waals surface area (Å²) in [5, 5.41) is 4.31. The van der Waals surface area contributed by atoms with Crippen molar-refractivity contribution in [3.8, 4) is 0 Å². The largest absolute Gasteiger partial charge is 0.422 e. The smallest absolute Gasteiger partial charge is 0.378 e. The van der Waals surface area contributed by atoms with Crippen molar-refractivity contribution in [1.29, 1.82) is 0 Å². The Morgan fingerprint density at radius 3 is 2.44 bits per heavy atom. The maximum Gasteiger partial charge on any atom is 0.422 e. The van der Waals surface area contributed by atoms with Gasteiger partial charge in [-0.2, -0.15) is 0 Å². The molecule has 5 heteroatoms. The molecule has 2 rings (SSSR count). The third-order valence-electron chi connectivity index (χ3n) is 2.71. The summed E-state index contributed by atoms with van der Waals surface area (Å²) in [6, 6.07) is 8.08. The quantitative estimate of drug-likeness (QED) is 0.647. The van der Waals surface area contributed by atoms with Crippen LogP contribution in [0.25, 0.3) is 0 Å². The Balaban J connectivity index is 2.06. The summed E-state index contributed by atoms with van der Waals surface area (Å²) < 4.78 is 1.71. The van der Waals surface area contributed by atoms with E-state index in [0.717, 1.165) is 17.3 Å². The first kappa shape index (κ1) is 12.2. The Morgan fingerprint density at radius 2 is 1.94 bits per heavy atom. The normalized spacial score (nSPS) is 16.5. The van der Waals surface area contributed by atoms with Crippen molar-refractivity contribution in [2.24, 2.45) is 5.10 Å². The average molecular weight is 244 g/mol.